The number of carbonyl (C=O) groups is 2. The SMILES string of the molecule is CCOC(=O)C1(Cc2c(Br)c(C)nn2C)COCCC1=O. The van der Waals surface area contributed by atoms with Crippen LogP contribution in [0.25, 0.3) is 0 Å². The van der Waals surface area contributed by atoms with Gasteiger partial charge in [-0.3, -0.25) is 14.3 Å². The van der Waals surface area contributed by atoms with Crippen molar-refractivity contribution in [2.24, 2.45) is 12.5 Å². The van der Waals surface area contributed by atoms with Crippen LogP contribution < -0.4 is 0 Å². The van der Waals surface area contributed by atoms with E-state index in [1.165, 1.54) is 0 Å². The highest BCUT2D eigenvalue weighted by molar-refractivity contribution is 9.10. The molecule has 2 rings (SSSR count). The Morgan fingerprint density at radius 1 is 1.57 bits per heavy atom. The van der Waals surface area contributed by atoms with Gasteiger partial charge in [0, 0.05) is 19.9 Å². The molecule has 1 atom stereocenters. The average Bonchev–Trinajstić information content (AvgIpc) is 2.68. The van der Waals surface area contributed by atoms with Crippen LogP contribution in [-0.4, -0.2) is 41.4 Å². The van der Waals surface area contributed by atoms with Crippen LogP contribution in [0.15, 0.2) is 4.47 Å². The smallest absolute Gasteiger partial charge is 0.322 e. The lowest BCUT2D eigenvalue weighted by Gasteiger charge is -2.33. The molecule has 1 aromatic rings. The summed E-state index contributed by atoms with van der Waals surface area (Å²) in [7, 11) is 1.79. The third-order valence-electron chi connectivity index (χ3n) is 3.75. The Hall–Kier alpha value is -1.21. The van der Waals surface area contributed by atoms with E-state index < -0.39 is 11.4 Å². The maximum atomic E-state index is 12.4. The molecule has 1 aliphatic rings. The van der Waals surface area contributed by atoms with Crippen molar-refractivity contribution in [1.82, 2.24) is 9.78 Å². The van der Waals surface area contributed by atoms with E-state index in [4.69, 9.17) is 9.47 Å². The molecule has 0 bridgehead atoms. The molecular weight excluding hydrogens is 340 g/mol. The lowest BCUT2D eigenvalue weighted by molar-refractivity contribution is -0.169. The van der Waals surface area contributed by atoms with Crippen molar-refractivity contribution in [1.29, 1.82) is 0 Å². The van der Waals surface area contributed by atoms with Crippen molar-refractivity contribution in [3.05, 3.63) is 15.9 Å². The third kappa shape index (κ3) is 2.89. The molecule has 116 valence electrons. The van der Waals surface area contributed by atoms with Gasteiger partial charge in [0.05, 0.1) is 35.7 Å². The number of aryl methyl sites for hydroxylation is 2. The van der Waals surface area contributed by atoms with E-state index in [9.17, 15) is 9.59 Å². The van der Waals surface area contributed by atoms with Gasteiger partial charge in [0.25, 0.3) is 0 Å². The van der Waals surface area contributed by atoms with Crippen molar-refractivity contribution in [3.63, 3.8) is 0 Å². The molecule has 1 aliphatic heterocycles. The topological polar surface area (TPSA) is 70.4 Å². The van der Waals surface area contributed by atoms with E-state index in [2.05, 4.69) is 21.0 Å². The molecule has 0 saturated carbocycles. The molecule has 2 heterocycles. The summed E-state index contributed by atoms with van der Waals surface area (Å²) in [5, 5.41) is 4.30. The van der Waals surface area contributed by atoms with Crippen LogP contribution in [0, 0.1) is 12.3 Å². The zero-order valence-corrected chi connectivity index (χ0v) is 14.0. The fourth-order valence-corrected chi connectivity index (χ4v) is 3.03. The Morgan fingerprint density at radius 3 is 2.81 bits per heavy atom. The van der Waals surface area contributed by atoms with Gasteiger partial charge in [0.2, 0.25) is 0 Å². The molecular formula is C14H19BrN2O4. The van der Waals surface area contributed by atoms with Crippen LogP contribution in [0.5, 0.6) is 0 Å². The van der Waals surface area contributed by atoms with E-state index in [1.807, 2.05) is 6.92 Å². The minimum Gasteiger partial charge on any atom is -0.465 e. The summed E-state index contributed by atoms with van der Waals surface area (Å²) < 4.78 is 13.0. The highest BCUT2D eigenvalue weighted by Gasteiger charge is 2.50. The van der Waals surface area contributed by atoms with E-state index in [-0.39, 0.29) is 31.8 Å². The minimum absolute atomic E-state index is 0.0569. The first-order chi connectivity index (χ1) is 9.92. The Bertz CT molecular complexity index is 570. The quantitative estimate of drug-likeness (QED) is 0.603. The van der Waals surface area contributed by atoms with Crippen LogP contribution in [-0.2, 0) is 32.5 Å². The number of ether oxygens (including phenoxy) is 2. The number of rotatable bonds is 4. The van der Waals surface area contributed by atoms with Crippen LogP contribution in [0.3, 0.4) is 0 Å². The second-order valence-corrected chi connectivity index (χ2v) is 5.97. The summed E-state index contributed by atoms with van der Waals surface area (Å²) in [6.45, 7) is 4.24. The van der Waals surface area contributed by atoms with Crippen molar-refractivity contribution in [3.8, 4) is 0 Å². The molecule has 0 spiro atoms. The largest absolute Gasteiger partial charge is 0.465 e. The number of nitrogens with zero attached hydrogens (tertiary/aromatic N) is 2. The van der Waals surface area contributed by atoms with E-state index in [1.54, 1.807) is 18.7 Å². The number of aromatic nitrogens is 2. The second-order valence-electron chi connectivity index (χ2n) is 5.17. The first-order valence-electron chi connectivity index (χ1n) is 6.88. The molecule has 0 radical (unpaired) electrons. The average molecular weight is 359 g/mol. The summed E-state index contributed by atoms with van der Waals surface area (Å²) in [5.41, 5.74) is 0.340. The van der Waals surface area contributed by atoms with Crippen molar-refractivity contribution in [2.75, 3.05) is 19.8 Å². The summed E-state index contributed by atoms with van der Waals surface area (Å²) in [6.07, 6.45) is 0.454. The number of esters is 1. The number of hydrogen-bond acceptors (Lipinski definition) is 5. The molecule has 1 aromatic heterocycles. The monoisotopic (exact) mass is 358 g/mol. The lowest BCUT2D eigenvalue weighted by atomic mass is 9.77. The molecule has 0 amide bonds. The number of Topliss-reactive ketones (excluding diaryl/α,β-unsaturated/α-hetero) is 1. The molecule has 0 aromatic carbocycles. The predicted molar refractivity (Wildman–Crippen MR) is 78.9 cm³/mol. The highest BCUT2D eigenvalue weighted by atomic mass is 79.9. The summed E-state index contributed by atoms with van der Waals surface area (Å²) in [6, 6.07) is 0. The van der Waals surface area contributed by atoms with Gasteiger partial charge in [0.1, 0.15) is 0 Å². The summed E-state index contributed by atoms with van der Waals surface area (Å²) in [5.74, 6) is -0.640. The van der Waals surface area contributed by atoms with Gasteiger partial charge in [-0.15, -0.1) is 0 Å². The molecule has 0 aliphatic carbocycles. The van der Waals surface area contributed by atoms with Crippen LogP contribution in [0.4, 0.5) is 0 Å². The van der Waals surface area contributed by atoms with E-state index >= 15 is 0 Å². The highest BCUT2D eigenvalue weighted by Crippen LogP contribution is 2.34. The standard InChI is InChI=1S/C14H19BrN2O4/c1-4-21-13(19)14(8-20-6-5-11(14)18)7-10-12(15)9(2)16-17(10)3/h4-8H2,1-3H3. The maximum Gasteiger partial charge on any atom is 0.322 e. The molecule has 1 saturated heterocycles. The van der Waals surface area contributed by atoms with Gasteiger partial charge in [-0.2, -0.15) is 5.10 Å². The van der Waals surface area contributed by atoms with Crippen LogP contribution in [0.1, 0.15) is 24.7 Å². The normalized spacial score (nSPS) is 22.4. The van der Waals surface area contributed by atoms with Crippen molar-refractivity contribution < 1.29 is 19.1 Å². The Labute approximate surface area is 131 Å². The summed E-state index contributed by atoms with van der Waals surface area (Å²) >= 11 is 3.47. The molecule has 1 unspecified atom stereocenters. The van der Waals surface area contributed by atoms with Crippen LogP contribution in [0.2, 0.25) is 0 Å². The first kappa shape index (κ1) is 16.2. The molecule has 21 heavy (non-hydrogen) atoms. The first-order valence-corrected chi connectivity index (χ1v) is 7.68. The Kier molecular flexibility index (Phi) is 4.83. The maximum absolute atomic E-state index is 12.4. The number of carbonyl (C=O) groups excluding carboxylic acids is 2. The van der Waals surface area contributed by atoms with Gasteiger partial charge in [0.15, 0.2) is 11.2 Å². The van der Waals surface area contributed by atoms with Crippen LogP contribution >= 0.6 is 15.9 Å². The number of halogens is 1. The second kappa shape index (κ2) is 6.27. The van der Waals surface area contributed by atoms with Gasteiger partial charge in [-0.1, -0.05) is 0 Å². The fourth-order valence-electron chi connectivity index (χ4n) is 2.55. The third-order valence-corrected chi connectivity index (χ3v) is 4.78. The van der Waals surface area contributed by atoms with Gasteiger partial charge >= 0.3 is 5.97 Å². The minimum atomic E-state index is -1.27. The predicted octanol–water partition coefficient (Wildman–Crippen LogP) is 1.57. The van der Waals surface area contributed by atoms with E-state index in [0.29, 0.717) is 6.61 Å². The number of ketones is 1. The Morgan fingerprint density at radius 2 is 2.29 bits per heavy atom. The van der Waals surface area contributed by atoms with Crippen molar-refractivity contribution in [2.45, 2.75) is 26.7 Å². The van der Waals surface area contributed by atoms with E-state index in [0.717, 1.165) is 15.9 Å². The fraction of sp³-hybridized carbons (Fsp3) is 0.643. The molecule has 1 fully saturated rings. The zero-order chi connectivity index (χ0) is 15.6. The number of hydrogen-bond donors (Lipinski definition) is 0. The van der Waals surface area contributed by atoms with Gasteiger partial charge in [-0.05, 0) is 29.8 Å². The Balaban J connectivity index is 2.40. The zero-order valence-electron chi connectivity index (χ0n) is 12.4. The summed E-state index contributed by atoms with van der Waals surface area (Å²) in [4.78, 5) is 24.8. The van der Waals surface area contributed by atoms with Gasteiger partial charge < -0.3 is 9.47 Å². The van der Waals surface area contributed by atoms with Gasteiger partial charge in [-0.25, -0.2) is 0 Å². The molecule has 7 heteroatoms. The molecule has 6 nitrogen and oxygen atoms in total. The lowest BCUT2D eigenvalue weighted by Crippen LogP contribution is -2.50. The molecule has 0 N–H and O–H groups in total. The van der Waals surface area contributed by atoms with Crippen molar-refractivity contribution >= 4 is 27.7 Å².